The second-order valence-corrected chi connectivity index (χ2v) is 8.28. The lowest BCUT2D eigenvalue weighted by atomic mass is 10.1. The van der Waals surface area contributed by atoms with Crippen LogP contribution in [0.4, 0.5) is 5.69 Å². The zero-order valence-electron chi connectivity index (χ0n) is 15.0. The van der Waals surface area contributed by atoms with E-state index in [1.807, 2.05) is 24.3 Å². The Bertz CT molecular complexity index is 1140. The first-order valence-electron chi connectivity index (χ1n) is 8.43. The summed E-state index contributed by atoms with van der Waals surface area (Å²) in [5.41, 5.74) is 0.926. The van der Waals surface area contributed by atoms with Gasteiger partial charge in [0, 0.05) is 16.4 Å². The highest BCUT2D eigenvalue weighted by Crippen LogP contribution is 2.19. The molecule has 6 nitrogen and oxygen atoms in total. The van der Waals surface area contributed by atoms with Crippen molar-refractivity contribution in [3.63, 3.8) is 0 Å². The van der Waals surface area contributed by atoms with E-state index in [1.54, 1.807) is 43.3 Å². The largest absolute Gasteiger partial charge is 0.326 e. The van der Waals surface area contributed by atoms with Crippen LogP contribution in [0.25, 0.3) is 10.8 Å². The second kappa shape index (κ2) is 8.41. The van der Waals surface area contributed by atoms with Gasteiger partial charge in [0.15, 0.2) is 0 Å². The molecule has 144 valence electrons. The Balaban J connectivity index is 1.65. The molecule has 0 aliphatic heterocycles. The third-order valence-electron chi connectivity index (χ3n) is 3.93. The van der Waals surface area contributed by atoms with E-state index in [2.05, 4.69) is 15.2 Å². The minimum absolute atomic E-state index is 0.0527. The summed E-state index contributed by atoms with van der Waals surface area (Å²) in [6.45, 7) is 1.57. The molecule has 0 heterocycles. The Hall–Kier alpha value is -2.90. The molecule has 0 aliphatic rings. The molecule has 3 rings (SSSR count). The molecule has 0 unspecified atom stereocenters. The number of amides is 1. The highest BCUT2D eigenvalue weighted by atomic mass is 35.5. The Morgan fingerprint density at radius 3 is 2.39 bits per heavy atom. The summed E-state index contributed by atoms with van der Waals surface area (Å²) in [7, 11) is -3.83. The zero-order valence-corrected chi connectivity index (χ0v) is 16.6. The van der Waals surface area contributed by atoms with Crippen molar-refractivity contribution in [2.45, 2.75) is 18.2 Å². The molecule has 28 heavy (non-hydrogen) atoms. The van der Waals surface area contributed by atoms with Gasteiger partial charge in [-0.05, 0) is 54.1 Å². The number of anilines is 1. The van der Waals surface area contributed by atoms with Gasteiger partial charge in [-0.1, -0.05) is 41.9 Å². The summed E-state index contributed by atoms with van der Waals surface area (Å²) in [6.07, 6.45) is -0.0527. The minimum Gasteiger partial charge on any atom is -0.326 e. The van der Waals surface area contributed by atoms with Crippen molar-refractivity contribution in [2.75, 3.05) is 5.32 Å². The molecule has 0 atom stereocenters. The molecule has 0 saturated heterocycles. The standard InChI is InChI=1S/C20H18ClN3O3S/c1-14(12-20(25)22-18-9-7-17(21)8-10-18)23-24-28(26,27)19-11-6-15-4-2-3-5-16(15)13-19/h2-11,13,24H,12H2,1H3,(H,22,25)/b23-14+. The summed E-state index contributed by atoms with van der Waals surface area (Å²) >= 11 is 5.80. The normalized spacial score (nSPS) is 12.0. The van der Waals surface area contributed by atoms with E-state index in [-0.39, 0.29) is 17.2 Å². The van der Waals surface area contributed by atoms with Crippen LogP contribution in [-0.2, 0) is 14.8 Å². The second-order valence-electron chi connectivity index (χ2n) is 6.18. The number of halogens is 1. The van der Waals surface area contributed by atoms with Gasteiger partial charge in [0.2, 0.25) is 5.91 Å². The number of hydrazone groups is 1. The van der Waals surface area contributed by atoms with Crippen molar-refractivity contribution in [1.29, 1.82) is 0 Å². The van der Waals surface area contributed by atoms with Crippen LogP contribution >= 0.6 is 11.6 Å². The highest BCUT2D eigenvalue weighted by Gasteiger charge is 2.14. The van der Waals surface area contributed by atoms with Crippen molar-refractivity contribution >= 4 is 49.7 Å². The van der Waals surface area contributed by atoms with Gasteiger partial charge in [-0.15, -0.1) is 0 Å². The molecule has 8 heteroatoms. The number of fused-ring (bicyclic) bond motifs is 1. The molecule has 0 fully saturated rings. The van der Waals surface area contributed by atoms with E-state index >= 15 is 0 Å². The Morgan fingerprint density at radius 2 is 1.68 bits per heavy atom. The summed E-state index contributed by atoms with van der Waals surface area (Å²) in [4.78, 5) is 14.3. The van der Waals surface area contributed by atoms with Gasteiger partial charge < -0.3 is 5.32 Å². The van der Waals surface area contributed by atoms with Gasteiger partial charge in [0.25, 0.3) is 10.0 Å². The van der Waals surface area contributed by atoms with E-state index in [0.717, 1.165) is 10.8 Å². The number of rotatable bonds is 6. The summed E-state index contributed by atoms with van der Waals surface area (Å²) in [5.74, 6) is -0.312. The topological polar surface area (TPSA) is 87.6 Å². The molecule has 1 amide bonds. The van der Waals surface area contributed by atoms with Crippen molar-refractivity contribution < 1.29 is 13.2 Å². The van der Waals surface area contributed by atoms with Crippen LogP contribution in [0.3, 0.4) is 0 Å². The van der Waals surface area contributed by atoms with Gasteiger partial charge in [0.1, 0.15) is 0 Å². The number of nitrogens with zero attached hydrogens (tertiary/aromatic N) is 1. The van der Waals surface area contributed by atoms with Crippen LogP contribution in [0.5, 0.6) is 0 Å². The molecule has 0 radical (unpaired) electrons. The predicted molar refractivity (Wildman–Crippen MR) is 112 cm³/mol. The number of carbonyl (C=O) groups excluding carboxylic acids is 1. The van der Waals surface area contributed by atoms with Crippen LogP contribution in [0, 0.1) is 0 Å². The summed E-state index contributed by atoms with van der Waals surface area (Å²) in [5, 5.41) is 8.86. The lowest BCUT2D eigenvalue weighted by Crippen LogP contribution is -2.21. The van der Waals surface area contributed by atoms with Crippen LogP contribution in [0.1, 0.15) is 13.3 Å². The lowest BCUT2D eigenvalue weighted by Gasteiger charge is -2.07. The third kappa shape index (κ3) is 5.09. The maximum atomic E-state index is 12.5. The van der Waals surface area contributed by atoms with Gasteiger partial charge in [-0.3, -0.25) is 4.79 Å². The highest BCUT2D eigenvalue weighted by molar-refractivity contribution is 7.89. The number of nitrogens with one attached hydrogen (secondary N) is 2. The van der Waals surface area contributed by atoms with E-state index in [9.17, 15) is 13.2 Å². The van der Waals surface area contributed by atoms with E-state index < -0.39 is 10.0 Å². The predicted octanol–water partition coefficient (Wildman–Crippen LogP) is 4.18. The summed E-state index contributed by atoms with van der Waals surface area (Å²) in [6, 6.07) is 19.0. The van der Waals surface area contributed by atoms with E-state index in [0.29, 0.717) is 16.4 Å². The number of sulfonamides is 1. The minimum atomic E-state index is -3.83. The van der Waals surface area contributed by atoms with Crippen LogP contribution in [0.15, 0.2) is 76.7 Å². The molecule has 3 aromatic rings. The first-order chi connectivity index (χ1) is 13.3. The van der Waals surface area contributed by atoms with Gasteiger partial charge in [-0.25, -0.2) is 4.83 Å². The molecule has 2 N–H and O–H groups in total. The first kappa shape index (κ1) is 19.9. The maximum Gasteiger partial charge on any atom is 0.276 e. The van der Waals surface area contributed by atoms with Gasteiger partial charge in [-0.2, -0.15) is 13.5 Å². The quantitative estimate of drug-likeness (QED) is 0.467. The lowest BCUT2D eigenvalue weighted by molar-refractivity contribution is -0.115. The molecular formula is C20H18ClN3O3S. The fourth-order valence-electron chi connectivity index (χ4n) is 2.54. The summed E-state index contributed by atoms with van der Waals surface area (Å²) < 4.78 is 24.9. The number of benzene rings is 3. The van der Waals surface area contributed by atoms with Crippen molar-refractivity contribution in [2.24, 2.45) is 5.10 Å². The van der Waals surface area contributed by atoms with Gasteiger partial charge in [0.05, 0.1) is 11.3 Å². The Kier molecular flexibility index (Phi) is 5.96. The molecule has 0 spiro atoms. The average molecular weight is 416 g/mol. The van der Waals surface area contributed by atoms with Gasteiger partial charge >= 0.3 is 0 Å². The monoisotopic (exact) mass is 415 g/mol. The Morgan fingerprint density at radius 1 is 1.00 bits per heavy atom. The Labute approximate surface area is 168 Å². The van der Waals surface area contributed by atoms with Crippen molar-refractivity contribution in [1.82, 2.24) is 4.83 Å². The number of carbonyl (C=O) groups is 1. The fourth-order valence-corrected chi connectivity index (χ4v) is 3.57. The van der Waals surface area contributed by atoms with Crippen molar-refractivity contribution in [3.05, 3.63) is 71.8 Å². The molecule has 0 bridgehead atoms. The first-order valence-corrected chi connectivity index (χ1v) is 10.3. The molecule has 0 aromatic heterocycles. The van der Waals surface area contributed by atoms with Crippen molar-refractivity contribution in [3.8, 4) is 0 Å². The third-order valence-corrected chi connectivity index (χ3v) is 5.39. The molecular weight excluding hydrogens is 398 g/mol. The maximum absolute atomic E-state index is 12.5. The molecule has 3 aromatic carbocycles. The fraction of sp³-hybridized carbons (Fsp3) is 0.100. The van der Waals surface area contributed by atoms with Crippen LogP contribution in [-0.4, -0.2) is 20.0 Å². The smallest absolute Gasteiger partial charge is 0.276 e. The number of hydrogen-bond donors (Lipinski definition) is 2. The van der Waals surface area contributed by atoms with Crippen LogP contribution in [0.2, 0.25) is 5.02 Å². The van der Waals surface area contributed by atoms with E-state index in [1.165, 1.54) is 6.07 Å². The SMILES string of the molecule is C/C(CC(=O)Nc1ccc(Cl)cc1)=N\NS(=O)(=O)c1ccc2ccccc2c1. The average Bonchev–Trinajstić information content (AvgIpc) is 2.68. The van der Waals surface area contributed by atoms with E-state index in [4.69, 9.17) is 11.6 Å². The molecule has 0 aliphatic carbocycles. The molecule has 0 saturated carbocycles. The number of hydrogen-bond acceptors (Lipinski definition) is 4. The zero-order chi connectivity index (χ0) is 20.1. The van der Waals surface area contributed by atoms with Crippen LogP contribution < -0.4 is 10.1 Å².